The molecule has 1 saturated heterocycles. The number of hydrogen-bond acceptors (Lipinski definition) is 5. The van der Waals surface area contributed by atoms with Gasteiger partial charge in [0, 0.05) is 42.8 Å². The van der Waals surface area contributed by atoms with Crippen molar-refractivity contribution in [2.24, 2.45) is 0 Å². The van der Waals surface area contributed by atoms with Crippen LogP contribution < -0.4 is 10.0 Å². The molecular formula is C24H24N4O4S. The van der Waals surface area contributed by atoms with Gasteiger partial charge >= 0.3 is 0 Å². The molecule has 0 radical (unpaired) electrons. The summed E-state index contributed by atoms with van der Waals surface area (Å²) < 4.78 is 27.8. The van der Waals surface area contributed by atoms with Crippen LogP contribution in [-0.4, -0.2) is 49.2 Å². The van der Waals surface area contributed by atoms with E-state index in [1.54, 1.807) is 77.8 Å². The summed E-state index contributed by atoms with van der Waals surface area (Å²) in [5, 5.41) is 2.78. The number of pyridine rings is 1. The van der Waals surface area contributed by atoms with Crippen molar-refractivity contribution in [1.82, 2.24) is 14.6 Å². The topological polar surface area (TPSA) is 108 Å². The highest BCUT2D eigenvalue weighted by Crippen LogP contribution is 2.19. The fourth-order valence-electron chi connectivity index (χ4n) is 3.70. The Kier molecular flexibility index (Phi) is 6.81. The maximum Gasteiger partial charge on any atom is 0.257 e. The van der Waals surface area contributed by atoms with E-state index in [0.29, 0.717) is 42.7 Å². The first-order valence-electron chi connectivity index (χ1n) is 10.6. The number of amides is 2. The molecule has 0 spiro atoms. The highest BCUT2D eigenvalue weighted by molar-refractivity contribution is 7.89. The van der Waals surface area contributed by atoms with Crippen LogP contribution in [0.5, 0.6) is 0 Å². The van der Waals surface area contributed by atoms with Crippen molar-refractivity contribution in [3.63, 3.8) is 0 Å². The molecule has 1 aliphatic rings. The Morgan fingerprint density at radius 1 is 0.909 bits per heavy atom. The van der Waals surface area contributed by atoms with Crippen molar-refractivity contribution in [1.29, 1.82) is 0 Å². The summed E-state index contributed by atoms with van der Waals surface area (Å²) in [5.74, 6) is -0.462. The SMILES string of the molecule is O=C(Nc1cccc(C(=O)N2CCC(NS(=O)(=O)c3ccccc3)CC2)c1)c1cccnc1. The first-order chi connectivity index (χ1) is 15.9. The molecule has 0 unspecified atom stereocenters. The number of hydrogen-bond donors (Lipinski definition) is 2. The van der Waals surface area contributed by atoms with Crippen LogP contribution in [0.25, 0.3) is 0 Å². The molecule has 170 valence electrons. The van der Waals surface area contributed by atoms with Crippen molar-refractivity contribution >= 4 is 27.5 Å². The summed E-state index contributed by atoms with van der Waals surface area (Å²) in [7, 11) is -3.59. The molecule has 8 nitrogen and oxygen atoms in total. The van der Waals surface area contributed by atoms with Gasteiger partial charge in [0.15, 0.2) is 0 Å². The lowest BCUT2D eigenvalue weighted by Gasteiger charge is -2.32. The van der Waals surface area contributed by atoms with E-state index in [1.165, 1.54) is 6.20 Å². The van der Waals surface area contributed by atoms with E-state index >= 15 is 0 Å². The molecule has 9 heteroatoms. The number of aromatic nitrogens is 1. The Morgan fingerprint density at radius 2 is 1.64 bits per heavy atom. The fraction of sp³-hybridized carbons (Fsp3) is 0.208. The number of sulfonamides is 1. The van der Waals surface area contributed by atoms with E-state index < -0.39 is 10.0 Å². The molecule has 0 bridgehead atoms. The van der Waals surface area contributed by atoms with Crippen LogP contribution in [0, 0.1) is 0 Å². The quantitative estimate of drug-likeness (QED) is 0.583. The van der Waals surface area contributed by atoms with Crippen molar-refractivity contribution in [3.8, 4) is 0 Å². The number of nitrogens with zero attached hydrogens (tertiary/aromatic N) is 2. The minimum Gasteiger partial charge on any atom is -0.339 e. The zero-order valence-corrected chi connectivity index (χ0v) is 18.7. The number of anilines is 1. The van der Waals surface area contributed by atoms with E-state index in [4.69, 9.17) is 0 Å². The molecule has 2 aromatic carbocycles. The molecule has 3 aromatic rings. The van der Waals surface area contributed by atoms with E-state index in [1.807, 2.05) is 0 Å². The predicted molar refractivity (Wildman–Crippen MR) is 124 cm³/mol. The maximum atomic E-state index is 13.0. The molecule has 1 aromatic heterocycles. The van der Waals surface area contributed by atoms with Crippen molar-refractivity contribution in [2.45, 2.75) is 23.8 Å². The van der Waals surface area contributed by atoms with Gasteiger partial charge in [-0.05, 0) is 55.3 Å². The molecule has 0 saturated carbocycles. The third-order valence-corrected chi connectivity index (χ3v) is 6.99. The molecule has 2 N–H and O–H groups in total. The summed E-state index contributed by atoms with van der Waals surface area (Å²) in [5.41, 5.74) is 1.40. The smallest absolute Gasteiger partial charge is 0.257 e. The Bertz CT molecular complexity index is 1230. The number of carbonyl (C=O) groups excluding carboxylic acids is 2. The molecule has 1 fully saturated rings. The van der Waals surface area contributed by atoms with Crippen LogP contribution in [0.4, 0.5) is 5.69 Å². The van der Waals surface area contributed by atoms with Crippen LogP contribution in [0.3, 0.4) is 0 Å². The molecule has 2 heterocycles. The van der Waals surface area contributed by atoms with Gasteiger partial charge in [-0.3, -0.25) is 14.6 Å². The lowest BCUT2D eigenvalue weighted by atomic mass is 10.0. The highest BCUT2D eigenvalue weighted by atomic mass is 32.2. The molecular weight excluding hydrogens is 440 g/mol. The van der Waals surface area contributed by atoms with Gasteiger partial charge in [0.1, 0.15) is 0 Å². The third kappa shape index (κ3) is 5.63. The van der Waals surface area contributed by atoms with Crippen LogP contribution in [0.2, 0.25) is 0 Å². The molecule has 4 rings (SSSR count). The number of piperidine rings is 1. The minimum atomic E-state index is -3.59. The Balaban J connectivity index is 1.35. The second-order valence-electron chi connectivity index (χ2n) is 7.78. The largest absolute Gasteiger partial charge is 0.339 e. The monoisotopic (exact) mass is 464 g/mol. The summed E-state index contributed by atoms with van der Waals surface area (Å²) in [4.78, 5) is 31.2. The average Bonchev–Trinajstić information content (AvgIpc) is 2.85. The molecule has 33 heavy (non-hydrogen) atoms. The normalized spacial score (nSPS) is 14.6. The fourth-order valence-corrected chi connectivity index (χ4v) is 5.03. The number of nitrogens with one attached hydrogen (secondary N) is 2. The summed E-state index contributed by atoms with van der Waals surface area (Å²) >= 11 is 0. The Hall–Kier alpha value is -3.56. The summed E-state index contributed by atoms with van der Waals surface area (Å²) in [6, 6.07) is 18.1. The van der Waals surface area contributed by atoms with Gasteiger partial charge in [-0.15, -0.1) is 0 Å². The second-order valence-corrected chi connectivity index (χ2v) is 9.49. The van der Waals surface area contributed by atoms with E-state index in [0.717, 1.165) is 0 Å². The van der Waals surface area contributed by atoms with Gasteiger partial charge in [-0.2, -0.15) is 0 Å². The first kappa shape index (κ1) is 22.6. The summed E-state index contributed by atoms with van der Waals surface area (Å²) in [6.07, 6.45) is 4.11. The van der Waals surface area contributed by atoms with Crippen molar-refractivity contribution in [3.05, 3.63) is 90.3 Å². The lowest BCUT2D eigenvalue weighted by molar-refractivity contribution is 0.0711. The summed E-state index contributed by atoms with van der Waals surface area (Å²) in [6.45, 7) is 0.875. The number of carbonyl (C=O) groups is 2. The van der Waals surface area contributed by atoms with Gasteiger partial charge in [0.05, 0.1) is 10.5 Å². The van der Waals surface area contributed by atoms with Crippen LogP contribution in [-0.2, 0) is 10.0 Å². The van der Waals surface area contributed by atoms with E-state index in [-0.39, 0.29) is 22.8 Å². The highest BCUT2D eigenvalue weighted by Gasteiger charge is 2.27. The van der Waals surface area contributed by atoms with Gasteiger partial charge in [0.2, 0.25) is 10.0 Å². The molecule has 2 amide bonds. The van der Waals surface area contributed by atoms with Gasteiger partial charge in [-0.25, -0.2) is 13.1 Å². The lowest BCUT2D eigenvalue weighted by Crippen LogP contribution is -2.46. The number of likely N-dealkylation sites (tertiary alicyclic amines) is 1. The second kappa shape index (κ2) is 9.93. The van der Waals surface area contributed by atoms with E-state index in [2.05, 4.69) is 15.0 Å². The maximum absolute atomic E-state index is 13.0. The zero-order chi connectivity index (χ0) is 23.3. The van der Waals surface area contributed by atoms with Crippen LogP contribution in [0.1, 0.15) is 33.6 Å². The van der Waals surface area contributed by atoms with Crippen LogP contribution in [0.15, 0.2) is 84.0 Å². The minimum absolute atomic E-state index is 0.156. The average molecular weight is 465 g/mol. The van der Waals surface area contributed by atoms with Gasteiger partial charge in [-0.1, -0.05) is 24.3 Å². The molecule has 0 atom stereocenters. The van der Waals surface area contributed by atoms with Crippen molar-refractivity contribution < 1.29 is 18.0 Å². The molecule has 0 aliphatic carbocycles. The third-order valence-electron chi connectivity index (χ3n) is 5.45. The number of rotatable bonds is 6. The Morgan fingerprint density at radius 3 is 2.33 bits per heavy atom. The van der Waals surface area contributed by atoms with Gasteiger partial charge < -0.3 is 10.2 Å². The van der Waals surface area contributed by atoms with Crippen LogP contribution >= 0.6 is 0 Å². The number of benzene rings is 2. The zero-order valence-electron chi connectivity index (χ0n) is 17.8. The van der Waals surface area contributed by atoms with Gasteiger partial charge in [0.25, 0.3) is 11.8 Å². The molecule has 1 aliphatic heterocycles. The van der Waals surface area contributed by atoms with E-state index in [9.17, 15) is 18.0 Å². The first-order valence-corrected chi connectivity index (χ1v) is 12.1. The Labute approximate surface area is 192 Å². The predicted octanol–water partition coefficient (Wildman–Crippen LogP) is 2.92. The van der Waals surface area contributed by atoms with Crippen molar-refractivity contribution in [2.75, 3.05) is 18.4 Å². The standard InChI is InChI=1S/C24H24N4O4S/c29-23(19-7-5-13-25-17-19)26-21-8-4-6-18(16-21)24(30)28-14-11-20(12-15-28)27-33(31,32)22-9-2-1-3-10-22/h1-10,13,16-17,20,27H,11-12,14-15H2,(H,26,29).